The maximum absolute atomic E-state index is 12.0. The molecule has 0 radical (unpaired) electrons. The van der Waals surface area contributed by atoms with Gasteiger partial charge in [-0.2, -0.15) is 0 Å². The zero-order valence-electron chi connectivity index (χ0n) is 11.1. The highest BCUT2D eigenvalue weighted by Crippen LogP contribution is 2.06. The zero-order chi connectivity index (χ0) is 13.6. The van der Waals surface area contributed by atoms with Gasteiger partial charge in [-0.05, 0) is 32.1 Å². The molecule has 1 unspecified atom stereocenters. The molecule has 1 aromatic heterocycles. The van der Waals surface area contributed by atoms with E-state index in [1.54, 1.807) is 12.3 Å². The summed E-state index contributed by atoms with van der Waals surface area (Å²) < 4.78 is 26.5. The molecule has 5 nitrogen and oxygen atoms in total. The van der Waals surface area contributed by atoms with E-state index in [2.05, 4.69) is 28.5 Å². The normalized spacial score (nSPS) is 13.8. The van der Waals surface area contributed by atoms with E-state index in [0.29, 0.717) is 6.54 Å². The largest absolute Gasteiger partial charge is 0.300 e. The number of nitrogens with one attached hydrogen (secondary N) is 1. The fraction of sp³-hybridized carbons (Fsp3) is 0.583. The Bertz CT molecular complexity index is 444. The molecule has 0 spiro atoms. The SMILES string of the molecule is CCN(CC)C(C)CNS(=O)(=O)c1cccnc1. The second-order valence-electron chi connectivity index (χ2n) is 4.11. The molecule has 1 aromatic rings. The second-order valence-corrected chi connectivity index (χ2v) is 5.88. The van der Waals surface area contributed by atoms with E-state index >= 15 is 0 Å². The molecule has 1 heterocycles. The Kier molecular flexibility index (Phi) is 5.71. The third-order valence-electron chi connectivity index (χ3n) is 2.95. The number of rotatable bonds is 7. The Labute approximate surface area is 109 Å². The number of hydrogen-bond acceptors (Lipinski definition) is 4. The van der Waals surface area contributed by atoms with Gasteiger partial charge in [-0.3, -0.25) is 9.88 Å². The highest BCUT2D eigenvalue weighted by atomic mass is 32.2. The predicted molar refractivity (Wildman–Crippen MR) is 71.8 cm³/mol. The molecule has 6 heteroatoms. The van der Waals surface area contributed by atoms with Crippen molar-refractivity contribution in [2.75, 3.05) is 19.6 Å². The standard InChI is InChI=1S/C12H21N3O2S/c1-4-15(5-2)11(3)9-14-18(16,17)12-7-6-8-13-10-12/h6-8,10-11,14H,4-5,9H2,1-3H3. The zero-order valence-corrected chi connectivity index (χ0v) is 11.9. The number of pyridine rings is 1. The van der Waals surface area contributed by atoms with Gasteiger partial charge in [0, 0.05) is 25.0 Å². The number of hydrogen-bond donors (Lipinski definition) is 1. The van der Waals surface area contributed by atoms with E-state index in [-0.39, 0.29) is 10.9 Å². The second kappa shape index (κ2) is 6.82. The molecule has 0 fully saturated rings. The van der Waals surface area contributed by atoms with Crippen LogP contribution in [0.15, 0.2) is 29.4 Å². The molecule has 102 valence electrons. The number of nitrogens with zero attached hydrogens (tertiary/aromatic N) is 2. The van der Waals surface area contributed by atoms with Gasteiger partial charge in [0.1, 0.15) is 4.90 Å². The Balaban J connectivity index is 2.63. The smallest absolute Gasteiger partial charge is 0.242 e. The quantitative estimate of drug-likeness (QED) is 0.806. The topological polar surface area (TPSA) is 62.3 Å². The Morgan fingerprint density at radius 2 is 2.06 bits per heavy atom. The van der Waals surface area contributed by atoms with Crippen molar-refractivity contribution in [2.45, 2.75) is 31.7 Å². The molecule has 1 rings (SSSR count). The Morgan fingerprint density at radius 1 is 1.39 bits per heavy atom. The van der Waals surface area contributed by atoms with Crippen LogP contribution in [0.5, 0.6) is 0 Å². The summed E-state index contributed by atoms with van der Waals surface area (Å²) >= 11 is 0. The van der Waals surface area contributed by atoms with Crippen LogP contribution in [0.4, 0.5) is 0 Å². The van der Waals surface area contributed by atoms with E-state index in [1.165, 1.54) is 12.3 Å². The summed E-state index contributed by atoms with van der Waals surface area (Å²) in [6.45, 7) is 8.36. The Morgan fingerprint density at radius 3 is 2.56 bits per heavy atom. The van der Waals surface area contributed by atoms with Crippen LogP contribution in [0.1, 0.15) is 20.8 Å². The van der Waals surface area contributed by atoms with Crippen LogP contribution >= 0.6 is 0 Å². The van der Waals surface area contributed by atoms with E-state index in [1.807, 2.05) is 6.92 Å². The monoisotopic (exact) mass is 271 g/mol. The van der Waals surface area contributed by atoms with Gasteiger partial charge in [-0.1, -0.05) is 13.8 Å². The van der Waals surface area contributed by atoms with Crippen molar-refractivity contribution in [1.82, 2.24) is 14.6 Å². The van der Waals surface area contributed by atoms with Gasteiger partial charge in [0.05, 0.1) is 0 Å². The fourth-order valence-electron chi connectivity index (χ4n) is 1.80. The predicted octanol–water partition coefficient (Wildman–Crippen LogP) is 1.09. The van der Waals surface area contributed by atoms with Crippen LogP contribution in [0, 0.1) is 0 Å². The first-order chi connectivity index (χ1) is 8.51. The van der Waals surface area contributed by atoms with Crippen molar-refractivity contribution in [2.24, 2.45) is 0 Å². The van der Waals surface area contributed by atoms with Crippen molar-refractivity contribution in [3.63, 3.8) is 0 Å². The van der Waals surface area contributed by atoms with Crippen LogP contribution in [0.25, 0.3) is 0 Å². The van der Waals surface area contributed by atoms with Gasteiger partial charge < -0.3 is 0 Å². The van der Waals surface area contributed by atoms with Gasteiger partial charge in [0.2, 0.25) is 10.0 Å². The van der Waals surface area contributed by atoms with Crippen LogP contribution in [0.2, 0.25) is 0 Å². The minimum atomic E-state index is -3.44. The average molecular weight is 271 g/mol. The molecule has 1 atom stereocenters. The third-order valence-corrected chi connectivity index (χ3v) is 4.36. The van der Waals surface area contributed by atoms with Crippen LogP contribution in [-0.4, -0.2) is 44.0 Å². The molecular weight excluding hydrogens is 250 g/mol. The number of likely N-dealkylation sites (N-methyl/N-ethyl adjacent to an activating group) is 1. The summed E-state index contributed by atoms with van der Waals surface area (Å²) in [4.78, 5) is 6.22. The van der Waals surface area contributed by atoms with Gasteiger partial charge >= 0.3 is 0 Å². The molecule has 1 N–H and O–H groups in total. The fourth-order valence-corrected chi connectivity index (χ4v) is 2.88. The lowest BCUT2D eigenvalue weighted by molar-refractivity contribution is 0.232. The van der Waals surface area contributed by atoms with Gasteiger partial charge in [-0.25, -0.2) is 13.1 Å². The third kappa shape index (κ3) is 4.04. The number of aromatic nitrogens is 1. The molecular formula is C12H21N3O2S. The molecule has 0 saturated heterocycles. The average Bonchev–Trinajstić information content (AvgIpc) is 2.39. The van der Waals surface area contributed by atoms with Gasteiger partial charge in [0.15, 0.2) is 0 Å². The molecule has 0 amide bonds. The lowest BCUT2D eigenvalue weighted by Crippen LogP contribution is -2.41. The molecule has 0 aliphatic heterocycles. The van der Waals surface area contributed by atoms with Crippen molar-refractivity contribution >= 4 is 10.0 Å². The van der Waals surface area contributed by atoms with Crippen molar-refractivity contribution in [3.05, 3.63) is 24.5 Å². The highest BCUT2D eigenvalue weighted by molar-refractivity contribution is 7.89. The molecule has 0 bridgehead atoms. The first kappa shape index (κ1) is 15.1. The minimum Gasteiger partial charge on any atom is -0.300 e. The van der Waals surface area contributed by atoms with Crippen LogP contribution in [0.3, 0.4) is 0 Å². The highest BCUT2D eigenvalue weighted by Gasteiger charge is 2.17. The summed E-state index contributed by atoms with van der Waals surface area (Å²) in [6.07, 6.45) is 2.90. The molecule has 0 saturated carbocycles. The lowest BCUT2D eigenvalue weighted by atomic mass is 10.3. The summed E-state index contributed by atoms with van der Waals surface area (Å²) in [5.41, 5.74) is 0. The maximum Gasteiger partial charge on any atom is 0.242 e. The lowest BCUT2D eigenvalue weighted by Gasteiger charge is -2.26. The van der Waals surface area contributed by atoms with Crippen molar-refractivity contribution < 1.29 is 8.42 Å². The first-order valence-corrected chi connectivity index (χ1v) is 7.63. The molecule has 0 aromatic carbocycles. The molecule has 0 aliphatic rings. The summed E-state index contributed by atoms with van der Waals surface area (Å²) in [7, 11) is -3.44. The van der Waals surface area contributed by atoms with Gasteiger partial charge in [-0.15, -0.1) is 0 Å². The first-order valence-electron chi connectivity index (χ1n) is 6.15. The summed E-state index contributed by atoms with van der Waals surface area (Å²) in [5.74, 6) is 0. The van der Waals surface area contributed by atoms with Crippen molar-refractivity contribution in [3.8, 4) is 0 Å². The minimum absolute atomic E-state index is 0.173. The van der Waals surface area contributed by atoms with Crippen LogP contribution < -0.4 is 4.72 Å². The van der Waals surface area contributed by atoms with E-state index in [0.717, 1.165) is 13.1 Å². The van der Waals surface area contributed by atoms with E-state index < -0.39 is 10.0 Å². The Hall–Kier alpha value is -0.980. The maximum atomic E-state index is 12.0. The molecule has 18 heavy (non-hydrogen) atoms. The van der Waals surface area contributed by atoms with E-state index in [4.69, 9.17) is 0 Å². The van der Waals surface area contributed by atoms with Crippen LogP contribution in [-0.2, 0) is 10.0 Å². The number of sulfonamides is 1. The summed E-state index contributed by atoms with van der Waals surface area (Å²) in [6, 6.07) is 3.33. The summed E-state index contributed by atoms with van der Waals surface area (Å²) in [5, 5.41) is 0. The van der Waals surface area contributed by atoms with Gasteiger partial charge in [0.25, 0.3) is 0 Å². The van der Waals surface area contributed by atoms with E-state index in [9.17, 15) is 8.42 Å². The molecule has 0 aliphatic carbocycles. The van der Waals surface area contributed by atoms with Crippen molar-refractivity contribution in [1.29, 1.82) is 0 Å².